The van der Waals surface area contributed by atoms with Gasteiger partial charge in [-0.2, -0.15) is 10.1 Å². The first kappa shape index (κ1) is 19.4. The molecule has 3 heterocycles. The summed E-state index contributed by atoms with van der Waals surface area (Å²) < 4.78 is 4.99. The number of nitrogens with one attached hydrogen (secondary N) is 2. The molecule has 1 amide bonds. The average Bonchev–Trinajstić information content (AvgIpc) is 3.43. The Hall–Kier alpha value is -3.88. The van der Waals surface area contributed by atoms with Crippen molar-refractivity contribution in [3.8, 4) is 22.8 Å². The summed E-state index contributed by atoms with van der Waals surface area (Å²) in [6.45, 7) is 6.04. The Morgan fingerprint density at radius 1 is 1.10 bits per heavy atom. The molecular formula is C21H21N7O2. The van der Waals surface area contributed by atoms with Gasteiger partial charge in [-0.15, -0.1) is 0 Å². The Morgan fingerprint density at radius 3 is 2.63 bits per heavy atom. The number of benzene rings is 1. The van der Waals surface area contributed by atoms with Gasteiger partial charge in [0.25, 0.3) is 5.91 Å². The standard InChI is InChI=1S/C21H21N7O2/c1-13-24-18(28-30-13)15-9-16(11-22-10-15)19(29)23-12-21(2,3)20-25-17(26-27-20)14-7-5-4-6-8-14/h4-11H,12H2,1-3H3,(H,23,29)(H,25,26,27). The van der Waals surface area contributed by atoms with Gasteiger partial charge in [0.2, 0.25) is 11.7 Å². The second kappa shape index (κ2) is 7.86. The normalized spacial score (nSPS) is 11.4. The fourth-order valence-electron chi connectivity index (χ4n) is 2.87. The maximum Gasteiger partial charge on any atom is 0.252 e. The van der Waals surface area contributed by atoms with Gasteiger partial charge in [-0.3, -0.25) is 14.9 Å². The number of H-pyrrole nitrogens is 1. The largest absolute Gasteiger partial charge is 0.351 e. The van der Waals surface area contributed by atoms with E-state index in [0.29, 0.717) is 41.0 Å². The number of nitrogens with zero attached hydrogens (tertiary/aromatic N) is 5. The van der Waals surface area contributed by atoms with Crippen molar-refractivity contribution in [2.45, 2.75) is 26.2 Å². The monoisotopic (exact) mass is 403 g/mol. The fourth-order valence-corrected chi connectivity index (χ4v) is 2.87. The van der Waals surface area contributed by atoms with Crippen LogP contribution in [0.15, 0.2) is 53.3 Å². The van der Waals surface area contributed by atoms with Gasteiger partial charge in [0.05, 0.1) is 5.56 Å². The summed E-state index contributed by atoms with van der Waals surface area (Å²) in [5.74, 6) is 1.90. The van der Waals surface area contributed by atoms with E-state index in [1.165, 1.54) is 6.20 Å². The van der Waals surface area contributed by atoms with Crippen LogP contribution in [0.5, 0.6) is 0 Å². The number of hydrogen-bond donors (Lipinski definition) is 2. The van der Waals surface area contributed by atoms with E-state index >= 15 is 0 Å². The summed E-state index contributed by atoms with van der Waals surface area (Å²) in [6, 6.07) is 11.4. The lowest BCUT2D eigenvalue weighted by Gasteiger charge is -2.22. The SMILES string of the molecule is Cc1nc(-c2cncc(C(=O)NCC(C)(C)c3nc(-c4ccccc4)n[nH]3)c2)no1. The predicted octanol–water partition coefficient (Wildman–Crippen LogP) is 2.93. The number of amides is 1. The summed E-state index contributed by atoms with van der Waals surface area (Å²) >= 11 is 0. The van der Waals surface area contributed by atoms with Crippen LogP contribution in [-0.4, -0.2) is 42.8 Å². The molecule has 0 spiro atoms. The van der Waals surface area contributed by atoms with E-state index in [2.05, 4.69) is 35.6 Å². The summed E-state index contributed by atoms with van der Waals surface area (Å²) in [5.41, 5.74) is 1.50. The molecule has 0 saturated carbocycles. The van der Waals surface area contributed by atoms with Crippen molar-refractivity contribution < 1.29 is 9.32 Å². The van der Waals surface area contributed by atoms with Gasteiger partial charge in [-0.1, -0.05) is 49.3 Å². The van der Waals surface area contributed by atoms with E-state index < -0.39 is 5.41 Å². The van der Waals surface area contributed by atoms with Crippen LogP contribution in [0.1, 0.15) is 35.9 Å². The smallest absolute Gasteiger partial charge is 0.252 e. The fraction of sp³-hybridized carbons (Fsp3) is 0.238. The van der Waals surface area contributed by atoms with E-state index in [-0.39, 0.29) is 5.91 Å². The van der Waals surface area contributed by atoms with Crippen LogP contribution in [-0.2, 0) is 5.41 Å². The van der Waals surface area contributed by atoms with Crippen molar-refractivity contribution in [1.29, 1.82) is 0 Å². The lowest BCUT2D eigenvalue weighted by molar-refractivity contribution is 0.0944. The highest BCUT2D eigenvalue weighted by Gasteiger charge is 2.26. The second-order valence-electron chi connectivity index (χ2n) is 7.54. The maximum atomic E-state index is 12.7. The summed E-state index contributed by atoms with van der Waals surface area (Å²) in [7, 11) is 0. The summed E-state index contributed by atoms with van der Waals surface area (Å²) in [4.78, 5) is 25.6. The molecule has 4 aromatic rings. The highest BCUT2D eigenvalue weighted by atomic mass is 16.5. The highest BCUT2D eigenvalue weighted by Crippen LogP contribution is 2.22. The molecule has 3 aromatic heterocycles. The Kier molecular flexibility index (Phi) is 5.09. The van der Waals surface area contributed by atoms with E-state index in [1.54, 1.807) is 19.2 Å². The number of aryl methyl sites for hydroxylation is 1. The Balaban J connectivity index is 1.45. The lowest BCUT2D eigenvalue weighted by atomic mass is 9.92. The van der Waals surface area contributed by atoms with Crippen molar-refractivity contribution >= 4 is 5.91 Å². The minimum atomic E-state index is -0.453. The first-order valence-electron chi connectivity index (χ1n) is 9.44. The first-order chi connectivity index (χ1) is 14.4. The van der Waals surface area contributed by atoms with Crippen LogP contribution < -0.4 is 5.32 Å². The zero-order valence-electron chi connectivity index (χ0n) is 16.9. The van der Waals surface area contributed by atoms with Crippen LogP contribution in [0.2, 0.25) is 0 Å². The third kappa shape index (κ3) is 4.09. The van der Waals surface area contributed by atoms with Gasteiger partial charge >= 0.3 is 0 Å². The lowest BCUT2D eigenvalue weighted by Crippen LogP contribution is -2.37. The van der Waals surface area contributed by atoms with Crippen molar-refractivity contribution in [3.63, 3.8) is 0 Å². The molecule has 4 rings (SSSR count). The Bertz CT molecular complexity index is 1160. The molecule has 0 aliphatic rings. The number of aromatic amines is 1. The molecule has 0 saturated heterocycles. The molecule has 0 aliphatic carbocycles. The molecule has 0 atom stereocenters. The van der Waals surface area contributed by atoms with Crippen LogP contribution >= 0.6 is 0 Å². The Morgan fingerprint density at radius 2 is 1.90 bits per heavy atom. The third-order valence-corrected chi connectivity index (χ3v) is 4.64. The predicted molar refractivity (Wildman–Crippen MR) is 109 cm³/mol. The molecule has 2 N–H and O–H groups in total. The average molecular weight is 403 g/mol. The highest BCUT2D eigenvalue weighted by molar-refractivity contribution is 5.94. The van der Waals surface area contributed by atoms with Crippen molar-refractivity contribution in [2.24, 2.45) is 0 Å². The van der Waals surface area contributed by atoms with E-state index in [4.69, 9.17) is 4.52 Å². The van der Waals surface area contributed by atoms with Gasteiger partial charge in [0.15, 0.2) is 5.82 Å². The molecule has 1 aromatic carbocycles. The molecule has 0 aliphatic heterocycles. The van der Waals surface area contributed by atoms with Gasteiger partial charge in [-0.25, -0.2) is 4.98 Å². The minimum Gasteiger partial charge on any atom is -0.351 e. The topological polar surface area (TPSA) is 122 Å². The number of carbonyl (C=O) groups is 1. The molecule has 152 valence electrons. The van der Waals surface area contributed by atoms with Gasteiger partial charge in [0, 0.05) is 42.4 Å². The number of hydrogen-bond acceptors (Lipinski definition) is 7. The van der Waals surface area contributed by atoms with Crippen molar-refractivity contribution in [1.82, 2.24) is 35.6 Å². The molecule has 0 fully saturated rings. The van der Waals surface area contributed by atoms with Crippen LogP contribution in [0.4, 0.5) is 0 Å². The molecule has 30 heavy (non-hydrogen) atoms. The van der Waals surface area contributed by atoms with Crippen LogP contribution in [0.3, 0.4) is 0 Å². The van der Waals surface area contributed by atoms with E-state index in [1.807, 2.05) is 44.2 Å². The van der Waals surface area contributed by atoms with Gasteiger partial charge in [0.1, 0.15) is 5.82 Å². The molecular weight excluding hydrogens is 382 g/mol. The zero-order valence-corrected chi connectivity index (χ0v) is 16.9. The minimum absolute atomic E-state index is 0.250. The number of carbonyl (C=O) groups excluding carboxylic acids is 1. The number of pyridine rings is 1. The van der Waals surface area contributed by atoms with Crippen LogP contribution in [0.25, 0.3) is 22.8 Å². The molecule has 0 unspecified atom stereocenters. The third-order valence-electron chi connectivity index (χ3n) is 4.64. The second-order valence-corrected chi connectivity index (χ2v) is 7.54. The Labute approximate surface area is 173 Å². The van der Waals surface area contributed by atoms with Crippen molar-refractivity contribution in [2.75, 3.05) is 6.54 Å². The van der Waals surface area contributed by atoms with Gasteiger partial charge in [-0.05, 0) is 6.07 Å². The van der Waals surface area contributed by atoms with Gasteiger partial charge < -0.3 is 9.84 Å². The molecule has 0 radical (unpaired) electrons. The first-order valence-corrected chi connectivity index (χ1v) is 9.44. The maximum absolute atomic E-state index is 12.7. The summed E-state index contributed by atoms with van der Waals surface area (Å²) in [6.07, 6.45) is 3.09. The quantitative estimate of drug-likeness (QED) is 0.507. The van der Waals surface area contributed by atoms with Crippen molar-refractivity contribution in [3.05, 3.63) is 66.1 Å². The molecule has 9 nitrogen and oxygen atoms in total. The number of aromatic nitrogens is 6. The van der Waals surface area contributed by atoms with E-state index in [0.717, 1.165) is 5.56 Å². The van der Waals surface area contributed by atoms with Crippen LogP contribution in [0, 0.1) is 6.92 Å². The summed E-state index contributed by atoms with van der Waals surface area (Å²) in [5, 5.41) is 14.1. The van der Waals surface area contributed by atoms with E-state index in [9.17, 15) is 4.79 Å². The zero-order chi connectivity index (χ0) is 21.1. The molecule has 0 bridgehead atoms. The number of rotatable bonds is 6. The molecule has 9 heteroatoms.